The molecule has 1 aliphatic rings. The summed E-state index contributed by atoms with van der Waals surface area (Å²) in [5, 5.41) is 2.05. The second-order valence-electron chi connectivity index (χ2n) is 3.54. The molecule has 0 N–H and O–H groups in total. The maximum Gasteiger partial charge on any atom is 0.338 e. The average Bonchev–Trinajstić information content (AvgIpc) is 2.29. The highest BCUT2D eigenvalue weighted by Gasteiger charge is 2.11. The Labute approximate surface area is 88.1 Å². The molecule has 1 aromatic carbocycles. The molecule has 15 heavy (non-hydrogen) atoms. The molecule has 0 atom stereocenters. The highest BCUT2D eigenvalue weighted by atomic mass is 16.5. The first-order chi connectivity index (χ1) is 7.24. The van der Waals surface area contributed by atoms with Crippen LogP contribution in [0.1, 0.15) is 22.3 Å². The Kier molecular flexibility index (Phi) is 2.54. The van der Waals surface area contributed by atoms with Crippen molar-refractivity contribution in [3.05, 3.63) is 33.8 Å². The smallest absolute Gasteiger partial charge is 0.338 e. The van der Waals surface area contributed by atoms with Crippen LogP contribution in [0.4, 0.5) is 0 Å². The molecule has 0 saturated heterocycles. The lowest BCUT2D eigenvalue weighted by molar-refractivity contribution is 0.0599. The van der Waals surface area contributed by atoms with Crippen LogP contribution in [0.25, 0.3) is 6.08 Å². The Morgan fingerprint density at radius 2 is 2.27 bits per heavy atom. The van der Waals surface area contributed by atoms with E-state index < -0.39 is 0 Å². The van der Waals surface area contributed by atoms with Gasteiger partial charge in [-0.15, -0.1) is 0 Å². The molecule has 1 heterocycles. The Balaban J connectivity index is 2.69. The van der Waals surface area contributed by atoms with Crippen LogP contribution in [0.2, 0.25) is 0 Å². The van der Waals surface area contributed by atoms with Gasteiger partial charge in [0.2, 0.25) is 0 Å². The number of carbonyl (C=O) groups excluding carboxylic acids is 1. The second kappa shape index (κ2) is 3.85. The molecule has 0 unspecified atom stereocenters. The predicted molar refractivity (Wildman–Crippen MR) is 57.2 cm³/mol. The minimum absolute atomic E-state index is 0.295. The molecule has 1 aromatic rings. The number of hydrogen-bond donors (Lipinski definition) is 0. The predicted octanol–water partition coefficient (Wildman–Crippen LogP) is 0.585. The Hall–Kier alpha value is -1.64. The van der Waals surface area contributed by atoms with Crippen molar-refractivity contribution in [2.45, 2.75) is 13.3 Å². The first-order valence-electron chi connectivity index (χ1n) is 4.96. The van der Waals surface area contributed by atoms with Gasteiger partial charge in [0.1, 0.15) is 0 Å². The zero-order valence-corrected chi connectivity index (χ0v) is 8.91. The van der Waals surface area contributed by atoms with Gasteiger partial charge < -0.3 is 4.74 Å². The van der Waals surface area contributed by atoms with E-state index in [4.69, 9.17) is 4.74 Å². The maximum absolute atomic E-state index is 11.4. The number of ether oxygens (including phenoxy) is 1. The van der Waals surface area contributed by atoms with Crippen LogP contribution in [-0.4, -0.2) is 19.6 Å². The van der Waals surface area contributed by atoms with Crippen LogP contribution in [0.3, 0.4) is 0 Å². The van der Waals surface area contributed by atoms with Crippen molar-refractivity contribution in [3.8, 4) is 0 Å². The van der Waals surface area contributed by atoms with Gasteiger partial charge in [-0.1, -0.05) is 12.1 Å². The molecule has 0 radical (unpaired) electrons. The molecule has 3 nitrogen and oxygen atoms in total. The molecule has 0 amide bonds. The van der Waals surface area contributed by atoms with E-state index in [0.29, 0.717) is 5.56 Å². The standard InChI is InChI=1S/C12H13NO2/c1-8-10(12(14)15-2)6-5-9-4-3-7-13-11(8)9/h4-6H,3,7H2,1-2H3. The number of benzene rings is 1. The van der Waals surface area contributed by atoms with Gasteiger partial charge >= 0.3 is 5.97 Å². The van der Waals surface area contributed by atoms with E-state index in [1.54, 1.807) is 6.07 Å². The average molecular weight is 203 g/mol. The number of nitrogens with zero attached hydrogens (tertiary/aromatic N) is 1. The highest BCUT2D eigenvalue weighted by Crippen LogP contribution is 2.03. The molecule has 0 aromatic heterocycles. The number of esters is 1. The minimum Gasteiger partial charge on any atom is -0.465 e. The monoisotopic (exact) mass is 203 g/mol. The van der Waals surface area contributed by atoms with Gasteiger partial charge in [0, 0.05) is 6.54 Å². The molecular formula is C12H13NO2. The van der Waals surface area contributed by atoms with E-state index in [1.807, 2.05) is 13.0 Å². The molecule has 0 aliphatic carbocycles. The number of hydrogen-bond acceptors (Lipinski definition) is 3. The van der Waals surface area contributed by atoms with Gasteiger partial charge in [-0.25, -0.2) is 4.79 Å². The highest BCUT2D eigenvalue weighted by molar-refractivity contribution is 5.90. The lowest BCUT2D eigenvalue weighted by atomic mass is 10.0. The fourth-order valence-electron chi connectivity index (χ4n) is 1.82. The zero-order valence-electron chi connectivity index (χ0n) is 8.91. The largest absolute Gasteiger partial charge is 0.465 e. The zero-order chi connectivity index (χ0) is 10.8. The molecule has 2 rings (SSSR count). The molecular weight excluding hydrogens is 190 g/mol. The van der Waals surface area contributed by atoms with Crippen LogP contribution in [-0.2, 0) is 4.74 Å². The molecule has 0 spiro atoms. The van der Waals surface area contributed by atoms with Crippen LogP contribution in [0, 0.1) is 6.92 Å². The fourth-order valence-corrected chi connectivity index (χ4v) is 1.82. The van der Waals surface area contributed by atoms with E-state index >= 15 is 0 Å². The maximum atomic E-state index is 11.4. The first kappa shape index (κ1) is 9.90. The van der Waals surface area contributed by atoms with Gasteiger partial charge in [0.15, 0.2) is 0 Å². The number of carbonyl (C=O) groups is 1. The summed E-state index contributed by atoms with van der Waals surface area (Å²) in [5.41, 5.74) is 1.52. The summed E-state index contributed by atoms with van der Waals surface area (Å²) in [4.78, 5) is 15.9. The summed E-state index contributed by atoms with van der Waals surface area (Å²) < 4.78 is 4.72. The third-order valence-electron chi connectivity index (χ3n) is 2.63. The van der Waals surface area contributed by atoms with E-state index in [2.05, 4.69) is 11.1 Å². The van der Waals surface area contributed by atoms with Crippen LogP contribution >= 0.6 is 0 Å². The number of fused-ring (bicyclic) bond motifs is 1. The van der Waals surface area contributed by atoms with Crippen LogP contribution < -0.4 is 10.6 Å². The van der Waals surface area contributed by atoms with Crippen molar-refractivity contribution in [2.24, 2.45) is 4.99 Å². The number of rotatable bonds is 1. The first-order valence-corrected chi connectivity index (χ1v) is 4.96. The third kappa shape index (κ3) is 1.65. The van der Waals surface area contributed by atoms with Crippen molar-refractivity contribution in [1.82, 2.24) is 0 Å². The van der Waals surface area contributed by atoms with Crippen LogP contribution in [0.5, 0.6) is 0 Å². The van der Waals surface area contributed by atoms with E-state index in [0.717, 1.165) is 29.1 Å². The van der Waals surface area contributed by atoms with Gasteiger partial charge in [0.05, 0.1) is 18.0 Å². The third-order valence-corrected chi connectivity index (χ3v) is 2.63. The Bertz CT molecular complexity index is 517. The SMILES string of the molecule is COC(=O)c1ccc2c(c1C)=NCCC=2. The number of methoxy groups -OCH3 is 1. The van der Waals surface area contributed by atoms with E-state index in [9.17, 15) is 4.79 Å². The van der Waals surface area contributed by atoms with Crippen molar-refractivity contribution in [3.63, 3.8) is 0 Å². The van der Waals surface area contributed by atoms with Crippen molar-refractivity contribution < 1.29 is 9.53 Å². The summed E-state index contributed by atoms with van der Waals surface area (Å²) in [6.45, 7) is 2.71. The minimum atomic E-state index is -0.295. The summed E-state index contributed by atoms with van der Waals surface area (Å²) in [7, 11) is 1.39. The molecule has 1 aliphatic heterocycles. The van der Waals surface area contributed by atoms with Gasteiger partial charge in [-0.2, -0.15) is 0 Å². The van der Waals surface area contributed by atoms with Crippen LogP contribution in [0.15, 0.2) is 17.1 Å². The summed E-state index contributed by atoms with van der Waals surface area (Å²) >= 11 is 0. The molecule has 0 fully saturated rings. The van der Waals surface area contributed by atoms with Crippen molar-refractivity contribution in [1.29, 1.82) is 0 Å². The van der Waals surface area contributed by atoms with E-state index in [-0.39, 0.29) is 5.97 Å². The van der Waals surface area contributed by atoms with Gasteiger partial charge in [0.25, 0.3) is 0 Å². The summed E-state index contributed by atoms with van der Waals surface area (Å²) in [6, 6.07) is 3.73. The quantitative estimate of drug-likeness (QED) is 0.626. The van der Waals surface area contributed by atoms with Crippen molar-refractivity contribution in [2.75, 3.05) is 13.7 Å². The van der Waals surface area contributed by atoms with E-state index in [1.165, 1.54) is 7.11 Å². The lowest BCUT2D eigenvalue weighted by Gasteiger charge is -2.07. The summed E-state index contributed by atoms with van der Waals surface area (Å²) in [6.07, 6.45) is 3.13. The lowest BCUT2D eigenvalue weighted by Crippen LogP contribution is -2.32. The topological polar surface area (TPSA) is 38.7 Å². The molecule has 0 saturated carbocycles. The van der Waals surface area contributed by atoms with Gasteiger partial charge in [-0.05, 0) is 30.2 Å². The summed E-state index contributed by atoms with van der Waals surface area (Å²) in [5.74, 6) is -0.295. The van der Waals surface area contributed by atoms with Gasteiger partial charge in [-0.3, -0.25) is 4.99 Å². The normalized spacial score (nSPS) is 13.5. The van der Waals surface area contributed by atoms with Crippen molar-refractivity contribution >= 4 is 12.0 Å². The fraction of sp³-hybridized carbons (Fsp3) is 0.333. The molecule has 78 valence electrons. The molecule has 0 bridgehead atoms. The second-order valence-corrected chi connectivity index (χ2v) is 3.54. The Morgan fingerprint density at radius 1 is 1.47 bits per heavy atom. The molecule has 3 heteroatoms. The Morgan fingerprint density at radius 3 is 3.00 bits per heavy atom.